The van der Waals surface area contributed by atoms with Crippen molar-refractivity contribution in [3.05, 3.63) is 6.33 Å². The van der Waals surface area contributed by atoms with Crippen molar-refractivity contribution in [3.63, 3.8) is 0 Å². The molecule has 1 aromatic rings. The summed E-state index contributed by atoms with van der Waals surface area (Å²) in [6.07, 6.45) is 1.38. The standard InChI is InChI=1S/C11H19N5O2/c1-7(10(17)13-2)5-16(3)9-8(12)11(18-4)15-6-14-9/h6-7H,5,12H2,1-4H3,(H,13,17). The highest BCUT2D eigenvalue weighted by Gasteiger charge is 2.18. The second-order valence-corrected chi connectivity index (χ2v) is 4.02. The van der Waals surface area contributed by atoms with Crippen molar-refractivity contribution in [1.29, 1.82) is 0 Å². The summed E-state index contributed by atoms with van der Waals surface area (Å²) in [4.78, 5) is 21.3. The molecule has 0 bridgehead atoms. The number of nitrogens with two attached hydrogens (primary N) is 1. The Morgan fingerprint density at radius 3 is 2.83 bits per heavy atom. The Labute approximate surface area is 106 Å². The summed E-state index contributed by atoms with van der Waals surface area (Å²) in [7, 11) is 4.92. The van der Waals surface area contributed by atoms with Gasteiger partial charge in [-0.3, -0.25) is 4.79 Å². The first-order valence-electron chi connectivity index (χ1n) is 5.58. The van der Waals surface area contributed by atoms with Gasteiger partial charge in [-0.05, 0) is 0 Å². The Morgan fingerprint density at radius 2 is 2.28 bits per heavy atom. The number of amides is 1. The summed E-state index contributed by atoms with van der Waals surface area (Å²) in [6, 6.07) is 0. The van der Waals surface area contributed by atoms with E-state index in [0.29, 0.717) is 23.9 Å². The molecule has 0 saturated heterocycles. The van der Waals surface area contributed by atoms with E-state index in [0.717, 1.165) is 0 Å². The van der Waals surface area contributed by atoms with E-state index in [-0.39, 0.29) is 11.8 Å². The van der Waals surface area contributed by atoms with Gasteiger partial charge in [-0.15, -0.1) is 0 Å². The average molecular weight is 253 g/mol. The van der Waals surface area contributed by atoms with Crippen LogP contribution in [0.4, 0.5) is 11.5 Å². The second-order valence-electron chi connectivity index (χ2n) is 4.02. The molecule has 0 aliphatic carbocycles. The predicted octanol–water partition coefficient (Wildman–Crippen LogP) is -0.114. The Bertz CT molecular complexity index is 424. The molecule has 18 heavy (non-hydrogen) atoms. The van der Waals surface area contributed by atoms with Crippen LogP contribution in [-0.4, -0.2) is 43.6 Å². The Morgan fingerprint density at radius 1 is 1.61 bits per heavy atom. The normalized spacial score (nSPS) is 11.8. The number of nitrogen functional groups attached to an aromatic ring is 1. The SMILES string of the molecule is CNC(=O)C(C)CN(C)c1ncnc(OC)c1N. The van der Waals surface area contributed by atoms with Crippen LogP contribution in [0.25, 0.3) is 0 Å². The molecule has 0 aliphatic heterocycles. The molecule has 1 rings (SSSR count). The van der Waals surface area contributed by atoms with E-state index in [2.05, 4.69) is 15.3 Å². The Kier molecular flexibility index (Phi) is 4.70. The topological polar surface area (TPSA) is 93.4 Å². The molecular formula is C11H19N5O2. The first kappa shape index (κ1) is 14.0. The summed E-state index contributed by atoms with van der Waals surface area (Å²) >= 11 is 0. The third-order valence-corrected chi connectivity index (χ3v) is 2.62. The van der Waals surface area contributed by atoms with Crippen molar-refractivity contribution in [1.82, 2.24) is 15.3 Å². The number of nitrogens with one attached hydrogen (secondary N) is 1. The fraction of sp³-hybridized carbons (Fsp3) is 0.545. The molecule has 1 amide bonds. The van der Waals surface area contributed by atoms with E-state index in [4.69, 9.17) is 10.5 Å². The predicted molar refractivity (Wildman–Crippen MR) is 69.5 cm³/mol. The molecule has 1 atom stereocenters. The number of aromatic nitrogens is 2. The number of carbonyl (C=O) groups excluding carboxylic acids is 1. The monoisotopic (exact) mass is 253 g/mol. The molecule has 1 aromatic heterocycles. The maximum Gasteiger partial charge on any atom is 0.242 e. The van der Waals surface area contributed by atoms with Crippen LogP contribution in [0.5, 0.6) is 5.88 Å². The van der Waals surface area contributed by atoms with Gasteiger partial charge in [0.1, 0.15) is 12.0 Å². The summed E-state index contributed by atoms with van der Waals surface area (Å²) < 4.78 is 5.03. The van der Waals surface area contributed by atoms with Gasteiger partial charge in [0.05, 0.1) is 13.0 Å². The van der Waals surface area contributed by atoms with E-state index in [1.807, 2.05) is 14.0 Å². The minimum atomic E-state index is -0.166. The molecule has 7 nitrogen and oxygen atoms in total. The second kappa shape index (κ2) is 6.04. The van der Waals surface area contributed by atoms with Crippen LogP contribution in [0.3, 0.4) is 0 Å². The Hall–Kier alpha value is -2.05. The quantitative estimate of drug-likeness (QED) is 0.760. The van der Waals surface area contributed by atoms with Crippen molar-refractivity contribution in [3.8, 4) is 5.88 Å². The maximum absolute atomic E-state index is 11.5. The smallest absolute Gasteiger partial charge is 0.242 e. The number of hydrogen-bond donors (Lipinski definition) is 2. The van der Waals surface area contributed by atoms with Gasteiger partial charge in [-0.2, -0.15) is 4.98 Å². The summed E-state index contributed by atoms with van der Waals surface area (Å²) in [5, 5.41) is 2.60. The number of ether oxygens (including phenoxy) is 1. The molecule has 0 aliphatic rings. The molecular weight excluding hydrogens is 234 g/mol. The van der Waals surface area contributed by atoms with Crippen LogP contribution >= 0.6 is 0 Å². The third-order valence-electron chi connectivity index (χ3n) is 2.62. The van der Waals surface area contributed by atoms with E-state index in [1.165, 1.54) is 13.4 Å². The van der Waals surface area contributed by atoms with Gasteiger partial charge in [0.25, 0.3) is 0 Å². The van der Waals surface area contributed by atoms with Gasteiger partial charge in [0.2, 0.25) is 11.8 Å². The lowest BCUT2D eigenvalue weighted by Crippen LogP contribution is -2.35. The number of nitrogens with zero attached hydrogens (tertiary/aromatic N) is 3. The molecule has 3 N–H and O–H groups in total. The molecule has 0 fully saturated rings. The highest BCUT2D eigenvalue weighted by molar-refractivity contribution is 5.79. The Balaban J connectivity index is 2.84. The number of methoxy groups -OCH3 is 1. The molecule has 100 valence electrons. The molecule has 1 unspecified atom stereocenters. The lowest BCUT2D eigenvalue weighted by molar-refractivity contribution is -0.123. The van der Waals surface area contributed by atoms with Crippen LogP contribution in [-0.2, 0) is 4.79 Å². The zero-order chi connectivity index (χ0) is 13.7. The van der Waals surface area contributed by atoms with E-state index >= 15 is 0 Å². The van der Waals surface area contributed by atoms with Gasteiger partial charge in [-0.25, -0.2) is 4.98 Å². The van der Waals surface area contributed by atoms with Gasteiger partial charge in [0.15, 0.2) is 5.82 Å². The number of anilines is 2. The first-order chi connectivity index (χ1) is 8.51. The van der Waals surface area contributed by atoms with Crippen LogP contribution in [0.1, 0.15) is 6.92 Å². The first-order valence-corrected chi connectivity index (χ1v) is 5.58. The van der Waals surface area contributed by atoms with Crippen LogP contribution in [0.2, 0.25) is 0 Å². The van der Waals surface area contributed by atoms with Crippen molar-refractivity contribution in [2.75, 3.05) is 38.4 Å². The van der Waals surface area contributed by atoms with E-state index in [9.17, 15) is 4.79 Å². The molecule has 0 saturated carbocycles. The fourth-order valence-electron chi connectivity index (χ4n) is 1.66. The average Bonchev–Trinajstić information content (AvgIpc) is 2.37. The zero-order valence-electron chi connectivity index (χ0n) is 11.1. The number of carbonyl (C=O) groups is 1. The van der Waals surface area contributed by atoms with Crippen molar-refractivity contribution in [2.24, 2.45) is 5.92 Å². The molecule has 1 heterocycles. The summed E-state index contributed by atoms with van der Waals surface area (Å²) in [5.74, 6) is 0.693. The molecule has 7 heteroatoms. The van der Waals surface area contributed by atoms with Gasteiger partial charge < -0.3 is 20.7 Å². The van der Waals surface area contributed by atoms with Gasteiger partial charge in [-0.1, -0.05) is 6.92 Å². The lowest BCUT2D eigenvalue weighted by Gasteiger charge is -2.23. The van der Waals surface area contributed by atoms with Gasteiger partial charge in [0, 0.05) is 20.6 Å². The van der Waals surface area contributed by atoms with Crippen LogP contribution in [0, 0.1) is 5.92 Å². The van der Waals surface area contributed by atoms with Crippen LogP contribution < -0.4 is 20.7 Å². The summed E-state index contributed by atoms with van der Waals surface area (Å²) in [5.41, 5.74) is 6.25. The molecule has 0 aromatic carbocycles. The highest BCUT2D eigenvalue weighted by Crippen LogP contribution is 2.26. The van der Waals surface area contributed by atoms with Gasteiger partial charge >= 0.3 is 0 Å². The highest BCUT2D eigenvalue weighted by atomic mass is 16.5. The van der Waals surface area contributed by atoms with Crippen molar-refractivity contribution < 1.29 is 9.53 Å². The lowest BCUT2D eigenvalue weighted by atomic mass is 10.1. The minimum Gasteiger partial charge on any atom is -0.479 e. The fourth-order valence-corrected chi connectivity index (χ4v) is 1.66. The van der Waals surface area contributed by atoms with Crippen molar-refractivity contribution in [2.45, 2.75) is 6.92 Å². The van der Waals surface area contributed by atoms with Crippen molar-refractivity contribution >= 4 is 17.4 Å². The zero-order valence-corrected chi connectivity index (χ0v) is 11.1. The third kappa shape index (κ3) is 2.99. The maximum atomic E-state index is 11.5. The largest absolute Gasteiger partial charge is 0.479 e. The van der Waals surface area contributed by atoms with Crippen LogP contribution in [0.15, 0.2) is 6.33 Å². The minimum absolute atomic E-state index is 0.0264. The van der Waals surface area contributed by atoms with E-state index < -0.39 is 0 Å². The molecule has 0 spiro atoms. The number of rotatable bonds is 5. The van der Waals surface area contributed by atoms with E-state index in [1.54, 1.807) is 11.9 Å². The summed E-state index contributed by atoms with van der Waals surface area (Å²) in [6.45, 7) is 2.34. The number of hydrogen-bond acceptors (Lipinski definition) is 6. The molecule has 0 radical (unpaired) electrons.